The highest BCUT2D eigenvalue weighted by Gasteiger charge is 2.32. The topological polar surface area (TPSA) is 91.7 Å². The molecular weight excluding hydrogens is 310 g/mol. The van der Waals surface area contributed by atoms with E-state index in [1.165, 1.54) is 6.26 Å². The molecule has 0 unspecified atom stereocenters. The first kappa shape index (κ1) is 18.0. The first-order valence-electron chi connectivity index (χ1n) is 8.14. The SMILES string of the molecule is Cc1occc1C(=O)NNC(=O)C1CCN(C(=O)C(C)(C)C)CC1. The fourth-order valence-electron chi connectivity index (χ4n) is 2.73. The number of likely N-dealkylation sites (tertiary alicyclic amines) is 1. The van der Waals surface area contributed by atoms with Gasteiger partial charge in [-0.25, -0.2) is 0 Å². The van der Waals surface area contributed by atoms with Crippen LogP contribution in [0.15, 0.2) is 16.7 Å². The van der Waals surface area contributed by atoms with E-state index >= 15 is 0 Å². The second-order valence-electron chi connectivity index (χ2n) is 7.15. The van der Waals surface area contributed by atoms with Gasteiger partial charge in [0.2, 0.25) is 11.8 Å². The number of furan rings is 1. The number of hydrazine groups is 1. The van der Waals surface area contributed by atoms with E-state index in [-0.39, 0.29) is 17.7 Å². The van der Waals surface area contributed by atoms with E-state index in [0.29, 0.717) is 37.3 Å². The first-order valence-corrected chi connectivity index (χ1v) is 8.14. The third-order valence-electron chi connectivity index (χ3n) is 4.20. The van der Waals surface area contributed by atoms with E-state index in [0.717, 1.165) is 0 Å². The summed E-state index contributed by atoms with van der Waals surface area (Å²) >= 11 is 0. The number of rotatable bonds is 2. The second-order valence-corrected chi connectivity index (χ2v) is 7.15. The zero-order valence-corrected chi connectivity index (χ0v) is 14.6. The summed E-state index contributed by atoms with van der Waals surface area (Å²) < 4.78 is 5.06. The molecule has 1 fully saturated rings. The number of amides is 3. The smallest absolute Gasteiger partial charge is 0.273 e. The fraction of sp³-hybridized carbons (Fsp3) is 0.588. The number of carbonyl (C=O) groups excluding carboxylic acids is 3. The summed E-state index contributed by atoms with van der Waals surface area (Å²) in [6.45, 7) is 8.47. The van der Waals surface area contributed by atoms with Crippen molar-refractivity contribution in [1.82, 2.24) is 15.8 Å². The lowest BCUT2D eigenvalue weighted by molar-refractivity contribution is -0.142. The van der Waals surface area contributed by atoms with Crippen LogP contribution in [0.25, 0.3) is 0 Å². The Hall–Kier alpha value is -2.31. The minimum absolute atomic E-state index is 0.102. The molecule has 0 bridgehead atoms. The zero-order valence-electron chi connectivity index (χ0n) is 14.6. The monoisotopic (exact) mass is 335 g/mol. The van der Waals surface area contributed by atoms with Crippen molar-refractivity contribution in [2.24, 2.45) is 11.3 Å². The van der Waals surface area contributed by atoms with E-state index in [1.807, 2.05) is 20.8 Å². The van der Waals surface area contributed by atoms with Gasteiger partial charge in [0.25, 0.3) is 5.91 Å². The van der Waals surface area contributed by atoms with Crippen LogP contribution in [0.1, 0.15) is 49.7 Å². The summed E-state index contributed by atoms with van der Waals surface area (Å²) in [7, 11) is 0. The highest BCUT2D eigenvalue weighted by atomic mass is 16.3. The van der Waals surface area contributed by atoms with E-state index in [2.05, 4.69) is 10.9 Å². The lowest BCUT2D eigenvalue weighted by Crippen LogP contribution is -2.49. The normalized spacial score (nSPS) is 15.9. The number of hydrogen-bond acceptors (Lipinski definition) is 4. The predicted molar refractivity (Wildman–Crippen MR) is 87.8 cm³/mol. The largest absolute Gasteiger partial charge is 0.469 e. The number of nitrogens with zero attached hydrogens (tertiary/aromatic N) is 1. The number of piperidine rings is 1. The minimum atomic E-state index is -0.411. The Bertz CT molecular complexity index is 622. The maximum absolute atomic E-state index is 12.2. The molecule has 0 saturated carbocycles. The molecule has 132 valence electrons. The average Bonchev–Trinajstić information content (AvgIpc) is 2.97. The molecule has 1 saturated heterocycles. The Kier molecular flexibility index (Phi) is 5.31. The van der Waals surface area contributed by atoms with E-state index in [1.54, 1.807) is 17.9 Å². The summed E-state index contributed by atoms with van der Waals surface area (Å²) in [5.41, 5.74) is 4.84. The molecular formula is C17H25N3O4. The summed E-state index contributed by atoms with van der Waals surface area (Å²) in [4.78, 5) is 38.1. The van der Waals surface area contributed by atoms with Gasteiger partial charge in [0, 0.05) is 24.4 Å². The van der Waals surface area contributed by atoms with Crippen LogP contribution in [0, 0.1) is 18.3 Å². The number of carbonyl (C=O) groups is 3. The highest BCUT2D eigenvalue weighted by Crippen LogP contribution is 2.23. The number of hydrogen-bond donors (Lipinski definition) is 2. The van der Waals surface area contributed by atoms with Crippen LogP contribution in [0.4, 0.5) is 0 Å². The Balaban J connectivity index is 1.80. The van der Waals surface area contributed by atoms with Crippen LogP contribution in [0.3, 0.4) is 0 Å². The van der Waals surface area contributed by atoms with Crippen molar-refractivity contribution in [3.63, 3.8) is 0 Å². The molecule has 1 aromatic heterocycles. The Morgan fingerprint density at radius 1 is 1.17 bits per heavy atom. The maximum atomic E-state index is 12.2. The Labute approximate surface area is 141 Å². The predicted octanol–water partition coefficient (Wildman–Crippen LogP) is 1.63. The molecule has 0 aromatic carbocycles. The molecule has 1 aliphatic heterocycles. The fourth-order valence-corrected chi connectivity index (χ4v) is 2.73. The molecule has 7 heteroatoms. The number of nitrogens with one attached hydrogen (secondary N) is 2. The van der Waals surface area contributed by atoms with Crippen LogP contribution in [-0.2, 0) is 9.59 Å². The molecule has 3 amide bonds. The van der Waals surface area contributed by atoms with Gasteiger partial charge in [-0.1, -0.05) is 20.8 Å². The van der Waals surface area contributed by atoms with Crippen molar-refractivity contribution in [2.45, 2.75) is 40.5 Å². The zero-order chi connectivity index (χ0) is 17.9. The molecule has 0 radical (unpaired) electrons. The molecule has 1 aliphatic rings. The third-order valence-corrected chi connectivity index (χ3v) is 4.20. The number of aryl methyl sites for hydroxylation is 1. The molecule has 7 nitrogen and oxygen atoms in total. The van der Waals surface area contributed by atoms with Crippen molar-refractivity contribution in [3.05, 3.63) is 23.7 Å². The van der Waals surface area contributed by atoms with E-state index < -0.39 is 11.3 Å². The highest BCUT2D eigenvalue weighted by molar-refractivity contribution is 5.96. The Morgan fingerprint density at radius 2 is 1.79 bits per heavy atom. The van der Waals surface area contributed by atoms with Gasteiger partial charge in [0.05, 0.1) is 11.8 Å². The summed E-state index contributed by atoms with van der Waals surface area (Å²) in [6, 6.07) is 1.55. The van der Waals surface area contributed by atoms with Crippen molar-refractivity contribution in [3.8, 4) is 0 Å². The minimum Gasteiger partial charge on any atom is -0.469 e. The van der Waals surface area contributed by atoms with Gasteiger partial charge < -0.3 is 9.32 Å². The average molecular weight is 335 g/mol. The maximum Gasteiger partial charge on any atom is 0.273 e. The van der Waals surface area contributed by atoms with Gasteiger partial charge in [-0.15, -0.1) is 0 Å². The van der Waals surface area contributed by atoms with Crippen LogP contribution in [0.5, 0.6) is 0 Å². The van der Waals surface area contributed by atoms with Crippen molar-refractivity contribution in [2.75, 3.05) is 13.1 Å². The molecule has 2 N–H and O–H groups in total. The quantitative estimate of drug-likeness (QED) is 0.804. The lowest BCUT2D eigenvalue weighted by Gasteiger charge is -2.35. The van der Waals surface area contributed by atoms with Crippen LogP contribution in [-0.4, -0.2) is 35.7 Å². The summed E-state index contributed by atoms with van der Waals surface area (Å²) in [5, 5.41) is 0. The molecule has 0 spiro atoms. The second kappa shape index (κ2) is 7.07. The summed E-state index contributed by atoms with van der Waals surface area (Å²) in [6.07, 6.45) is 2.61. The third kappa shape index (κ3) is 4.15. The first-order chi connectivity index (χ1) is 11.2. The van der Waals surface area contributed by atoms with Crippen LogP contribution >= 0.6 is 0 Å². The van der Waals surface area contributed by atoms with Gasteiger partial charge in [0.1, 0.15) is 5.76 Å². The van der Waals surface area contributed by atoms with Gasteiger partial charge in [-0.2, -0.15) is 0 Å². The van der Waals surface area contributed by atoms with Gasteiger partial charge in [-0.05, 0) is 25.8 Å². The molecule has 24 heavy (non-hydrogen) atoms. The van der Waals surface area contributed by atoms with Gasteiger partial charge in [0.15, 0.2) is 0 Å². The standard InChI is InChI=1S/C17H25N3O4/c1-11-13(7-10-24-11)15(22)19-18-14(21)12-5-8-20(9-6-12)16(23)17(2,3)4/h7,10,12H,5-6,8-9H2,1-4H3,(H,18,21)(H,19,22). The van der Waals surface area contributed by atoms with Crippen LogP contribution < -0.4 is 10.9 Å². The van der Waals surface area contributed by atoms with Crippen molar-refractivity contribution >= 4 is 17.7 Å². The summed E-state index contributed by atoms with van der Waals surface area (Å²) in [5.74, 6) is -0.247. The van der Waals surface area contributed by atoms with Gasteiger partial charge >= 0.3 is 0 Å². The lowest BCUT2D eigenvalue weighted by atomic mass is 9.91. The molecule has 2 rings (SSSR count). The molecule has 1 aromatic rings. The molecule has 2 heterocycles. The molecule has 0 atom stereocenters. The Morgan fingerprint density at radius 3 is 2.29 bits per heavy atom. The van der Waals surface area contributed by atoms with E-state index in [4.69, 9.17) is 4.42 Å². The van der Waals surface area contributed by atoms with Crippen molar-refractivity contribution < 1.29 is 18.8 Å². The van der Waals surface area contributed by atoms with E-state index in [9.17, 15) is 14.4 Å². The molecule has 0 aliphatic carbocycles. The van der Waals surface area contributed by atoms with Crippen LogP contribution in [0.2, 0.25) is 0 Å². The van der Waals surface area contributed by atoms with Crippen molar-refractivity contribution in [1.29, 1.82) is 0 Å². The van der Waals surface area contributed by atoms with Gasteiger partial charge in [-0.3, -0.25) is 25.2 Å².